The largest absolute Gasteiger partial charge is 0.385 e. The van der Waals surface area contributed by atoms with Gasteiger partial charge in [0.05, 0.1) is 10.6 Å². The van der Waals surface area contributed by atoms with Crippen LogP contribution in [0.25, 0.3) is 0 Å². The molecule has 0 aliphatic heterocycles. The molecule has 0 spiro atoms. The molecule has 1 aromatic heterocycles. The molecule has 6 heteroatoms. The van der Waals surface area contributed by atoms with Gasteiger partial charge in [-0.2, -0.15) is 0 Å². The van der Waals surface area contributed by atoms with Gasteiger partial charge in [0.2, 0.25) is 0 Å². The molecule has 0 aliphatic rings. The molecule has 6 nitrogen and oxygen atoms in total. The first-order chi connectivity index (χ1) is 6.19. The number of anilines is 2. The summed E-state index contributed by atoms with van der Waals surface area (Å²) in [6.07, 6.45) is 1.21. The van der Waals surface area contributed by atoms with Crippen LogP contribution in [0, 0.1) is 10.1 Å². The molecule has 0 atom stereocenters. The second kappa shape index (κ2) is 3.70. The van der Waals surface area contributed by atoms with Gasteiger partial charge < -0.3 is 10.6 Å². The Bertz CT molecular complexity index is 326. The number of nitrogens with one attached hydrogen (secondary N) is 2. The fourth-order valence-electron chi connectivity index (χ4n) is 0.943. The standard InChI is InChI=1S/C7H10N4O2/c1-8-6-3-5(11(12)13)4-10-7(6)9-2/h3-4,8H,1-2H3,(H,9,10). The van der Waals surface area contributed by atoms with E-state index in [-0.39, 0.29) is 5.69 Å². The SMILES string of the molecule is CNc1cc([N+](=O)[O-])cnc1NC. The molecule has 0 aromatic carbocycles. The fourth-order valence-corrected chi connectivity index (χ4v) is 0.943. The Morgan fingerprint density at radius 3 is 2.62 bits per heavy atom. The van der Waals surface area contributed by atoms with Crippen LogP contribution in [-0.4, -0.2) is 24.0 Å². The van der Waals surface area contributed by atoms with Crippen LogP contribution in [-0.2, 0) is 0 Å². The molecule has 0 fully saturated rings. The zero-order valence-electron chi connectivity index (χ0n) is 7.37. The highest BCUT2D eigenvalue weighted by Crippen LogP contribution is 2.22. The lowest BCUT2D eigenvalue weighted by molar-refractivity contribution is -0.385. The molecule has 70 valence electrons. The molecule has 0 saturated carbocycles. The summed E-state index contributed by atoms with van der Waals surface area (Å²) in [4.78, 5) is 13.8. The number of nitro groups is 1. The lowest BCUT2D eigenvalue weighted by atomic mass is 10.3. The predicted octanol–water partition coefficient (Wildman–Crippen LogP) is 1.07. The quantitative estimate of drug-likeness (QED) is 0.540. The number of pyridine rings is 1. The normalized spacial score (nSPS) is 9.38. The van der Waals surface area contributed by atoms with E-state index >= 15 is 0 Å². The van der Waals surface area contributed by atoms with Gasteiger partial charge in [0.15, 0.2) is 0 Å². The third-order valence-electron chi connectivity index (χ3n) is 1.59. The Labute approximate surface area is 75.1 Å². The van der Waals surface area contributed by atoms with Crippen molar-refractivity contribution in [1.82, 2.24) is 4.98 Å². The van der Waals surface area contributed by atoms with Crippen LogP contribution in [0.5, 0.6) is 0 Å². The minimum absolute atomic E-state index is 0.0247. The first-order valence-corrected chi connectivity index (χ1v) is 3.69. The lowest BCUT2D eigenvalue weighted by Crippen LogP contribution is -2.00. The summed E-state index contributed by atoms with van der Waals surface area (Å²) in [6, 6.07) is 1.43. The third kappa shape index (κ3) is 1.84. The Morgan fingerprint density at radius 2 is 2.15 bits per heavy atom. The van der Waals surface area contributed by atoms with E-state index in [1.807, 2.05) is 0 Å². The van der Waals surface area contributed by atoms with Gasteiger partial charge in [-0.25, -0.2) is 4.98 Å². The monoisotopic (exact) mass is 182 g/mol. The van der Waals surface area contributed by atoms with E-state index < -0.39 is 4.92 Å². The summed E-state index contributed by atoms with van der Waals surface area (Å²) in [5, 5.41) is 16.0. The highest BCUT2D eigenvalue weighted by Gasteiger charge is 2.09. The number of hydrogen-bond acceptors (Lipinski definition) is 5. The van der Waals surface area contributed by atoms with Crippen LogP contribution < -0.4 is 10.6 Å². The van der Waals surface area contributed by atoms with E-state index in [2.05, 4.69) is 15.6 Å². The molecular formula is C7H10N4O2. The highest BCUT2D eigenvalue weighted by molar-refractivity contribution is 5.66. The molecule has 0 radical (unpaired) electrons. The highest BCUT2D eigenvalue weighted by atomic mass is 16.6. The maximum atomic E-state index is 10.4. The van der Waals surface area contributed by atoms with E-state index in [1.165, 1.54) is 12.3 Å². The molecule has 1 rings (SSSR count). The summed E-state index contributed by atoms with van der Waals surface area (Å²) in [5.74, 6) is 0.591. The minimum Gasteiger partial charge on any atom is -0.385 e. The Kier molecular flexibility index (Phi) is 2.63. The zero-order valence-corrected chi connectivity index (χ0v) is 7.37. The van der Waals surface area contributed by atoms with Crippen molar-refractivity contribution in [3.63, 3.8) is 0 Å². The zero-order chi connectivity index (χ0) is 9.84. The second-order valence-electron chi connectivity index (χ2n) is 2.35. The predicted molar refractivity (Wildman–Crippen MR) is 50.0 cm³/mol. The fraction of sp³-hybridized carbons (Fsp3) is 0.286. The van der Waals surface area contributed by atoms with Crippen LogP contribution in [0.15, 0.2) is 12.3 Å². The van der Waals surface area contributed by atoms with Crippen molar-refractivity contribution >= 4 is 17.2 Å². The first-order valence-electron chi connectivity index (χ1n) is 3.69. The van der Waals surface area contributed by atoms with E-state index in [1.54, 1.807) is 14.1 Å². The number of aromatic nitrogens is 1. The van der Waals surface area contributed by atoms with Gasteiger partial charge in [-0.1, -0.05) is 0 Å². The molecule has 0 saturated heterocycles. The molecule has 2 N–H and O–H groups in total. The molecule has 1 aromatic rings. The Balaban J connectivity index is 3.13. The van der Waals surface area contributed by atoms with Gasteiger partial charge >= 0.3 is 0 Å². The molecule has 13 heavy (non-hydrogen) atoms. The van der Waals surface area contributed by atoms with Crippen LogP contribution in [0.2, 0.25) is 0 Å². The molecule has 0 unspecified atom stereocenters. The molecule has 0 aliphatic carbocycles. The van der Waals surface area contributed by atoms with Crippen LogP contribution in [0.4, 0.5) is 17.2 Å². The molecule has 0 bridgehead atoms. The van der Waals surface area contributed by atoms with Gasteiger partial charge in [0.1, 0.15) is 12.0 Å². The van der Waals surface area contributed by atoms with E-state index in [9.17, 15) is 10.1 Å². The second-order valence-corrected chi connectivity index (χ2v) is 2.35. The van der Waals surface area contributed by atoms with Crippen molar-refractivity contribution < 1.29 is 4.92 Å². The molecular weight excluding hydrogens is 172 g/mol. The summed E-state index contributed by atoms with van der Waals surface area (Å²) in [7, 11) is 3.39. The van der Waals surface area contributed by atoms with Gasteiger partial charge in [-0.05, 0) is 0 Å². The van der Waals surface area contributed by atoms with Gasteiger partial charge in [0.25, 0.3) is 5.69 Å². The van der Waals surface area contributed by atoms with Crippen molar-refractivity contribution in [2.24, 2.45) is 0 Å². The average molecular weight is 182 g/mol. The van der Waals surface area contributed by atoms with Crippen LogP contribution >= 0.6 is 0 Å². The topological polar surface area (TPSA) is 80.1 Å². The third-order valence-corrected chi connectivity index (χ3v) is 1.59. The summed E-state index contributed by atoms with van der Waals surface area (Å²) < 4.78 is 0. The summed E-state index contributed by atoms with van der Waals surface area (Å²) in [6.45, 7) is 0. The Hall–Kier alpha value is -1.85. The van der Waals surface area contributed by atoms with Crippen molar-refractivity contribution in [3.05, 3.63) is 22.4 Å². The van der Waals surface area contributed by atoms with E-state index in [4.69, 9.17) is 0 Å². The van der Waals surface area contributed by atoms with Gasteiger partial charge in [-0.3, -0.25) is 10.1 Å². The Morgan fingerprint density at radius 1 is 1.46 bits per heavy atom. The number of hydrogen-bond donors (Lipinski definition) is 2. The van der Waals surface area contributed by atoms with Gasteiger partial charge in [0, 0.05) is 20.2 Å². The summed E-state index contributed by atoms with van der Waals surface area (Å²) >= 11 is 0. The lowest BCUT2D eigenvalue weighted by Gasteiger charge is -2.05. The summed E-state index contributed by atoms with van der Waals surface area (Å²) in [5.41, 5.74) is 0.583. The average Bonchev–Trinajstić information content (AvgIpc) is 2.16. The molecule has 1 heterocycles. The van der Waals surface area contributed by atoms with Crippen LogP contribution in [0.1, 0.15) is 0 Å². The molecule has 0 amide bonds. The first kappa shape index (κ1) is 9.24. The van der Waals surface area contributed by atoms with Gasteiger partial charge in [-0.15, -0.1) is 0 Å². The van der Waals surface area contributed by atoms with E-state index in [0.717, 1.165) is 0 Å². The van der Waals surface area contributed by atoms with Crippen molar-refractivity contribution in [1.29, 1.82) is 0 Å². The smallest absolute Gasteiger partial charge is 0.289 e. The van der Waals surface area contributed by atoms with Crippen molar-refractivity contribution in [2.45, 2.75) is 0 Å². The maximum absolute atomic E-state index is 10.4. The van der Waals surface area contributed by atoms with Crippen LogP contribution in [0.3, 0.4) is 0 Å². The minimum atomic E-state index is -0.479. The van der Waals surface area contributed by atoms with Crippen molar-refractivity contribution in [3.8, 4) is 0 Å². The number of nitrogens with zero attached hydrogens (tertiary/aromatic N) is 2. The number of rotatable bonds is 3. The maximum Gasteiger partial charge on any atom is 0.289 e. The van der Waals surface area contributed by atoms with E-state index in [0.29, 0.717) is 11.5 Å². The van der Waals surface area contributed by atoms with Crippen molar-refractivity contribution in [2.75, 3.05) is 24.7 Å².